The maximum absolute atomic E-state index is 13.0. The molecule has 37 heavy (non-hydrogen) atoms. The normalized spacial score (nSPS) is 14.7. The summed E-state index contributed by atoms with van der Waals surface area (Å²) in [6.07, 6.45) is -0.745. The second-order valence-corrected chi connectivity index (χ2v) is 8.48. The number of nitrogens with two attached hydrogens (primary N) is 4. The van der Waals surface area contributed by atoms with Gasteiger partial charge in [-0.1, -0.05) is 20.3 Å². The molecular formula is C21H38N8O8. The Hall–Kier alpha value is -3.95. The van der Waals surface area contributed by atoms with Gasteiger partial charge in [0.15, 0.2) is 5.96 Å². The van der Waals surface area contributed by atoms with E-state index in [9.17, 15) is 39.0 Å². The average Bonchev–Trinajstić information content (AvgIpc) is 2.80. The second-order valence-electron chi connectivity index (χ2n) is 8.48. The molecule has 0 rings (SSSR count). The summed E-state index contributed by atoms with van der Waals surface area (Å²) >= 11 is 0. The zero-order valence-corrected chi connectivity index (χ0v) is 20.9. The van der Waals surface area contributed by atoms with Crippen LogP contribution in [-0.2, 0) is 28.8 Å². The SMILES string of the molecule is CCC(C)C(N)C(=O)NC(CCCN=C(N)N)C(=O)NC(CC(=O)O)C(=O)NC(CCC(N)=O)C(=O)O. The summed E-state index contributed by atoms with van der Waals surface area (Å²) in [5, 5.41) is 25.3. The van der Waals surface area contributed by atoms with Gasteiger partial charge in [0.2, 0.25) is 23.6 Å². The third kappa shape index (κ3) is 13.6. The van der Waals surface area contributed by atoms with E-state index in [4.69, 9.17) is 22.9 Å². The lowest BCUT2D eigenvalue weighted by atomic mass is 9.98. The summed E-state index contributed by atoms with van der Waals surface area (Å²) < 4.78 is 0. The first-order chi connectivity index (χ1) is 17.2. The zero-order chi connectivity index (χ0) is 28.7. The second kappa shape index (κ2) is 16.7. The van der Waals surface area contributed by atoms with Gasteiger partial charge in [-0.3, -0.25) is 29.0 Å². The number of hydrogen-bond donors (Lipinski definition) is 9. The van der Waals surface area contributed by atoms with Crippen molar-refractivity contribution in [2.75, 3.05) is 6.54 Å². The smallest absolute Gasteiger partial charge is 0.326 e. The molecular weight excluding hydrogens is 492 g/mol. The van der Waals surface area contributed by atoms with Gasteiger partial charge in [-0.25, -0.2) is 4.79 Å². The van der Waals surface area contributed by atoms with E-state index in [-0.39, 0.29) is 44.1 Å². The molecule has 5 atom stereocenters. The first-order valence-corrected chi connectivity index (χ1v) is 11.6. The molecule has 0 aliphatic heterocycles. The van der Waals surface area contributed by atoms with E-state index in [1.165, 1.54) is 0 Å². The number of primary amides is 1. The van der Waals surface area contributed by atoms with E-state index in [0.29, 0.717) is 6.42 Å². The molecule has 0 aromatic carbocycles. The molecule has 0 fully saturated rings. The van der Waals surface area contributed by atoms with E-state index in [2.05, 4.69) is 20.9 Å². The zero-order valence-electron chi connectivity index (χ0n) is 20.9. The highest BCUT2D eigenvalue weighted by Gasteiger charge is 2.32. The van der Waals surface area contributed by atoms with E-state index >= 15 is 0 Å². The Morgan fingerprint density at radius 3 is 1.86 bits per heavy atom. The fourth-order valence-electron chi connectivity index (χ4n) is 3.03. The summed E-state index contributed by atoms with van der Waals surface area (Å²) in [7, 11) is 0. The Morgan fingerprint density at radius 1 is 0.838 bits per heavy atom. The van der Waals surface area contributed by atoms with Crippen LogP contribution in [0.2, 0.25) is 0 Å². The summed E-state index contributed by atoms with van der Waals surface area (Å²) in [6.45, 7) is 3.71. The number of amides is 4. The highest BCUT2D eigenvalue weighted by atomic mass is 16.4. The van der Waals surface area contributed by atoms with Gasteiger partial charge in [-0.05, 0) is 25.2 Å². The minimum Gasteiger partial charge on any atom is -0.481 e. The Kier molecular flexibility index (Phi) is 14.9. The van der Waals surface area contributed by atoms with Crippen LogP contribution >= 0.6 is 0 Å². The van der Waals surface area contributed by atoms with Crippen LogP contribution in [-0.4, -0.2) is 82.5 Å². The molecule has 13 N–H and O–H groups in total. The van der Waals surface area contributed by atoms with Crippen molar-refractivity contribution in [2.24, 2.45) is 33.8 Å². The summed E-state index contributed by atoms with van der Waals surface area (Å²) in [4.78, 5) is 75.8. The average molecular weight is 531 g/mol. The summed E-state index contributed by atoms with van der Waals surface area (Å²) in [5.41, 5.74) is 21.5. The molecule has 0 aromatic heterocycles. The van der Waals surface area contributed by atoms with Gasteiger partial charge in [-0.15, -0.1) is 0 Å². The van der Waals surface area contributed by atoms with Gasteiger partial charge in [0.1, 0.15) is 18.1 Å². The molecule has 16 heteroatoms. The summed E-state index contributed by atoms with van der Waals surface area (Å²) in [6, 6.07) is -5.42. The van der Waals surface area contributed by atoms with Crippen molar-refractivity contribution in [3.8, 4) is 0 Å². The number of carboxylic acid groups (broad SMARTS) is 2. The van der Waals surface area contributed by atoms with Crippen molar-refractivity contribution >= 4 is 41.5 Å². The molecule has 0 aromatic rings. The topological polar surface area (TPSA) is 295 Å². The molecule has 0 bridgehead atoms. The lowest BCUT2D eigenvalue weighted by molar-refractivity contribution is -0.144. The number of carbonyl (C=O) groups excluding carboxylic acids is 4. The van der Waals surface area contributed by atoms with Crippen LogP contribution in [0.4, 0.5) is 0 Å². The molecule has 0 saturated heterocycles. The summed E-state index contributed by atoms with van der Waals surface area (Å²) in [5.74, 6) is -6.78. The van der Waals surface area contributed by atoms with Crippen LogP contribution < -0.4 is 38.9 Å². The minimum atomic E-state index is -1.69. The third-order valence-corrected chi connectivity index (χ3v) is 5.44. The minimum absolute atomic E-state index is 0.0132. The van der Waals surface area contributed by atoms with Gasteiger partial charge in [0.25, 0.3) is 0 Å². The van der Waals surface area contributed by atoms with Crippen LogP contribution in [0.25, 0.3) is 0 Å². The molecule has 0 heterocycles. The third-order valence-electron chi connectivity index (χ3n) is 5.44. The molecule has 0 spiro atoms. The van der Waals surface area contributed by atoms with Gasteiger partial charge < -0.3 is 49.1 Å². The van der Waals surface area contributed by atoms with Crippen molar-refractivity contribution in [1.82, 2.24) is 16.0 Å². The van der Waals surface area contributed by atoms with Crippen LogP contribution in [0.1, 0.15) is 52.4 Å². The van der Waals surface area contributed by atoms with Crippen LogP contribution in [0.15, 0.2) is 4.99 Å². The number of carboxylic acids is 2. The molecule has 5 unspecified atom stereocenters. The monoisotopic (exact) mass is 530 g/mol. The van der Waals surface area contributed by atoms with Crippen molar-refractivity contribution in [3.63, 3.8) is 0 Å². The van der Waals surface area contributed by atoms with Crippen molar-refractivity contribution < 1.29 is 39.0 Å². The number of guanidine groups is 1. The predicted molar refractivity (Wildman–Crippen MR) is 131 cm³/mol. The maximum Gasteiger partial charge on any atom is 0.326 e. The highest BCUT2D eigenvalue weighted by molar-refractivity contribution is 5.95. The first-order valence-electron chi connectivity index (χ1n) is 11.6. The fraction of sp³-hybridized carbons (Fsp3) is 0.667. The van der Waals surface area contributed by atoms with Crippen LogP contribution in [0.3, 0.4) is 0 Å². The van der Waals surface area contributed by atoms with Gasteiger partial charge >= 0.3 is 11.9 Å². The molecule has 4 amide bonds. The number of carbonyl (C=O) groups is 6. The Balaban J connectivity index is 5.68. The number of rotatable bonds is 18. The van der Waals surface area contributed by atoms with E-state index in [0.717, 1.165) is 0 Å². The molecule has 16 nitrogen and oxygen atoms in total. The Morgan fingerprint density at radius 2 is 1.38 bits per heavy atom. The van der Waals surface area contributed by atoms with Crippen molar-refractivity contribution in [2.45, 2.75) is 76.5 Å². The quantitative estimate of drug-likeness (QED) is 0.0480. The lowest BCUT2D eigenvalue weighted by Crippen LogP contribution is -2.58. The van der Waals surface area contributed by atoms with Crippen molar-refractivity contribution in [3.05, 3.63) is 0 Å². The number of hydrogen-bond acceptors (Lipinski definition) is 8. The molecule has 0 aliphatic rings. The van der Waals surface area contributed by atoms with Gasteiger partial charge in [0.05, 0.1) is 12.5 Å². The van der Waals surface area contributed by atoms with Crippen molar-refractivity contribution in [1.29, 1.82) is 0 Å². The predicted octanol–water partition coefficient (Wildman–Crippen LogP) is -3.31. The highest BCUT2D eigenvalue weighted by Crippen LogP contribution is 2.08. The Bertz CT molecular complexity index is 861. The molecule has 0 saturated carbocycles. The molecule has 0 aliphatic carbocycles. The molecule has 210 valence electrons. The first kappa shape index (κ1) is 33.0. The Labute approximate surface area is 214 Å². The van der Waals surface area contributed by atoms with Gasteiger partial charge in [-0.2, -0.15) is 0 Å². The fourth-order valence-corrected chi connectivity index (χ4v) is 3.03. The maximum atomic E-state index is 13.0. The number of aliphatic imine (C=N–C) groups is 1. The van der Waals surface area contributed by atoms with E-state index < -0.39 is 66.2 Å². The number of nitrogens with zero attached hydrogens (tertiary/aromatic N) is 1. The standard InChI is InChI=1S/C21H38N8O8/c1-3-10(2)16(23)19(35)27-11(5-4-8-26-21(24)25)17(33)29-13(9-15(31)32)18(34)28-12(20(36)37)6-7-14(22)30/h10-13,16H,3-9,23H2,1-2H3,(H2,22,30)(H,27,35)(H,28,34)(H,29,33)(H,31,32)(H,36,37)(H4,24,25,26). The number of aliphatic carboxylic acids is 2. The number of nitrogens with one attached hydrogen (secondary N) is 3. The van der Waals surface area contributed by atoms with Crippen LogP contribution in [0, 0.1) is 5.92 Å². The molecule has 0 radical (unpaired) electrons. The largest absolute Gasteiger partial charge is 0.481 e. The van der Waals surface area contributed by atoms with E-state index in [1.807, 2.05) is 6.92 Å². The van der Waals surface area contributed by atoms with Crippen LogP contribution in [0.5, 0.6) is 0 Å². The van der Waals surface area contributed by atoms with E-state index in [1.54, 1.807) is 6.92 Å². The lowest BCUT2D eigenvalue weighted by Gasteiger charge is -2.25. The van der Waals surface area contributed by atoms with Gasteiger partial charge in [0, 0.05) is 13.0 Å².